The Morgan fingerprint density at radius 2 is 2.16 bits per heavy atom. The summed E-state index contributed by atoms with van der Waals surface area (Å²) in [4.78, 5) is 12.4. The summed E-state index contributed by atoms with van der Waals surface area (Å²) >= 11 is 0. The number of hydrogen-bond donors (Lipinski definition) is 2. The maximum Gasteiger partial charge on any atom is 0.231 e. The van der Waals surface area contributed by atoms with Gasteiger partial charge in [-0.15, -0.1) is 0 Å². The second-order valence-electron chi connectivity index (χ2n) is 4.99. The van der Waals surface area contributed by atoms with Gasteiger partial charge in [-0.2, -0.15) is 0 Å². The van der Waals surface area contributed by atoms with Crippen LogP contribution in [0, 0.1) is 11.2 Å². The Kier molecular flexibility index (Phi) is 4.04. The summed E-state index contributed by atoms with van der Waals surface area (Å²) in [5.74, 6) is -0.180. The molecule has 1 aliphatic rings. The topological polar surface area (TPSA) is 64.3 Å². The predicted octanol–water partition coefficient (Wildman–Crippen LogP) is 2.29. The van der Waals surface area contributed by atoms with Gasteiger partial charge in [0.25, 0.3) is 0 Å². The standard InChI is InChI=1S/C14H19FN2O2/c1-19-12-8-10(15)4-5-11(12)17-13(18)14(9-16)6-2-3-7-14/h4-5,8H,2-3,6-7,9,16H2,1H3,(H,17,18). The van der Waals surface area contributed by atoms with Crippen molar-refractivity contribution in [3.05, 3.63) is 24.0 Å². The molecule has 1 aromatic rings. The fourth-order valence-electron chi connectivity index (χ4n) is 2.60. The molecular formula is C14H19FN2O2. The van der Waals surface area contributed by atoms with E-state index in [0.29, 0.717) is 18.0 Å². The number of rotatable bonds is 4. The maximum atomic E-state index is 13.1. The number of ether oxygens (including phenoxy) is 1. The number of hydrogen-bond acceptors (Lipinski definition) is 3. The number of benzene rings is 1. The van der Waals surface area contributed by atoms with Crippen LogP contribution in [-0.2, 0) is 4.79 Å². The van der Waals surface area contributed by atoms with E-state index in [1.807, 2.05) is 0 Å². The van der Waals surface area contributed by atoms with E-state index in [-0.39, 0.29) is 5.91 Å². The number of nitrogens with two attached hydrogens (primary N) is 1. The molecule has 1 saturated carbocycles. The second-order valence-corrected chi connectivity index (χ2v) is 4.99. The van der Waals surface area contributed by atoms with Crippen molar-refractivity contribution in [1.82, 2.24) is 0 Å². The molecule has 4 nitrogen and oxygen atoms in total. The lowest BCUT2D eigenvalue weighted by Gasteiger charge is -2.26. The van der Waals surface area contributed by atoms with Crippen molar-refractivity contribution in [2.24, 2.45) is 11.1 Å². The lowest BCUT2D eigenvalue weighted by atomic mass is 9.85. The van der Waals surface area contributed by atoms with Crippen LogP contribution in [-0.4, -0.2) is 19.6 Å². The van der Waals surface area contributed by atoms with Gasteiger partial charge >= 0.3 is 0 Å². The summed E-state index contributed by atoms with van der Waals surface area (Å²) in [6.07, 6.45) is 3.65. The molecule has 0 bridgehead atoms. The molecule has 0 atom stereocenters. The number of amides is 1. The van der Waals surface area contributed by atoms with Gasteiger partial charge in [0.1, 0.15) is 11.6 Å². The van der Waals surface area contributed by atoms with Gasteiger partial charge in [-0.1, -0.05) is 12.8 Å². The van der Waals surface area contributed by atoms with Crippen molar-refractivity contribution in [3.8, 4) is 5.75 Å². The first kappa shape index (κ1) is 13.8. The van der Waals surface area contributed by atoms with Crippen molar-refractivity contribution in [1.29, 1.82) is 0 Å². The lowest BCUT2D eigenvalue weighted by molar-refractivity contribution is -0.124. The average Bonchev–Trinajstić information content (AvgIpc) is 2.90. The van der Waals surface area contributed by atoms with Crippen LogP contribution in [0.2, 0.25) is 0 Å². The predicted molar refractivity (Wildman–Crippen MR) is 71.5 cm³/mol. The number of anilines is 1. The molecular weight excluding hydrogens is 247 g/mol. The number of halogens is 1. The molecule has 0 aliphatic heterocycles. The summed E-state index contributed by atoms with van der Waals surface area (Å²) in [6.45, 7) is 0.336. The van der Waals surface area contributed by atoms with Crippen LogP contribution in [0.1, 0.15) is 25.7 Å². The van der Waals surface area contributed by atoms with E-state index in [2.05, 4.69) is 5.32 Å². The molecule has 0 radical (unpaired) electrons. The van der Waals surface area contributed by atoms with Crippen LogP contribution in [0.5, 0.6) is 5.75 Å². The van der Waals surface area contributed by atoms with Gasteiger partial charge in [-0.05, 0) is 25.0 Å². The van der Waals surface area contributed by atoms with Crippen molar-refractivity contribution in [2.75, 3.05) is 19.0 Å². The Labute approximate surface area is 112 Å². The van der Waals surface area contributed by atoms with Crippen molar-refractivity contribution < 1.29 is 13.9 Å². The van der Waals surface area contributed by atoms with E-state index in [9.17, 15) is 9.18 Å². The molecule has 0 saturated heterocycles. The Morgan fingerprint density at radius 3 is 2.74 bits per heavy atom. The Morgan fingerprint density at radius 1 is 1.47 bits per heavy atom. The maximum absolute atomic E-state index is 13.1. The largest absolute Gasteiger partial charge is 0.494 e. The minimum Gasteiger partial charge on any atom is -0.494 e. The molecule has 19 heavy (non-hydrogen) atoms. The molecule has 104 valence electrons. The highest BCUT2D eigenvalue weighted by Crippen LogP contribution is 2.39. The molecule has 1 aliphatic carbocycles. The summed E-state index contributed by atoms with van der Waals surface area (Å²) < 4.78 is 18.2. The van der Waals surface area contributed by atoms with Crippen molar-refractivity contribution in [3.63, 3.8) is 0 Å². The highest BCUT2D eigenvalue weighted by atomic mass is 19.1. The first-order chi connectivity index (χ1) is 9.11. The minimum absolute atomic E-state index is 0.0996. The lowest BCUT2D eigenvalue weighted by Crippen LogP contribution is -2.40. The molecule has 0 spiro atoms. The third-order valence-corrected chi connectivity index (χ3v) is 3.84. The van der Waals surface area contributed by atoms with E-state index in [1.54, 1.807) is 0 Å². The summed E-state index contributed by atoms with van der Waals surface area (Å²) in [5.41, 5.74) is 5.76. The number of nitrogens with one attached hydrogen (secondary N) is 1. The number of carbonyl (C=O) groups excluding carboxylic acids is 1. The molecule has 5 heteroatoms. The van der Waals surface area contributed by atoms with Crippen LogP contribution in [0.3, 0.4) is 0 Å². The zero-order chi connectivity index (χ0) is 13.9. The third-order valence-electron chi connectivity index (χ3n) is 3.84. The second kappa shape index (κ2) is 5.57. The molecule has 2 rings (SSSR count). The van der Waals surface area contributed by atoms with E-state index in [4.69, 9.17) is 10.5 Å². The minimum atomic E-state index is -0.487. The monoisotopic (exact) mass is 266 g/mol. The Balaban J connectivity index is 2.19. The molecule has 3 N–H and O–H groups in total. The third kappa shape index (κ3) is 2.71. The van der Waals surface area contributed by atoms with E-state index < -0.39 is 11.2 Å². The normalized spacial score (nSPS) is 17.2. The molecule has 1 fully saturated rings. The Bertz CT molecular complexity index is 471. The SMILES string of the molecule is COc1cc(F)ccc1NC(=O)C1(CN)CCCC1. The van der Waals surface area contributed by atoms with E-state index in [1.165, 1.54) is 25.3 Å². The molecule has 1 amide bonds. The summed E-state index contributed by atoms with van der Waals surface area (Å²) in [5, 5.41) is 2.81. The summed E-state index contributed by atoms with van der Waals surface area (Å²) in [7, 11) is 1.44. The number of methoxy groups -OCH3 is 1. The van der Waals surface area contributed by atoms with Crippen LogP contribution >= 0.6 is 0 Å². The average molecular weight is 266 g/mol. The van der Waals surface area contributed by atoms with Crippen LogP contribution in [0.25, 0.3) is 0 Å². The first-order valence-electron chi connectivity index (χ1n) is 6.46. The number of carbonyl (C=O) groups is 1. The fourth-order valence-corrected chi connectivity index (χ4v) is 2.60. The van der Waals surface area contributed by atoms with E-state index in [0.717, 1.165) is 25.7 Å². The quantitative estimate of drug-likeness (QED) is 0.878. The van der Waals surface area contributed by atoms with Crippen molar-refractivity contribution in [2.45, 2.75) is 25.7 Å². The molecule has 1 aromatic carbocycles. The highest BCUT2D eigenvalue weighted by Gasteiger charge is 2.40. The van der Waals surface area contributed by atoms with Crippen LogP contribution < -0.4 is 15.8 Å². The van der Waals surface area contributed by atoms with Gasteiger partial charge in [0, 0.05) is 12.6 Å². The van der Waals surface area contributed by atoms with Gasteiger partial charge in [0.05, 0.1) is 18.2 Å². The molecule has 0 aromatic heterocycles. The van der Waals surface area contributed by atoms with Gasteiger partial charge in [-0.3, -0.25) is 4.79 Å². The zero-order valence-corrected chi connectivity index (χ0v) is 11.0. The first-order valence-corrected chi connectivity index (χ1v) is 6.46. The van der Waals surface area contributed by atoms with Crippen molar-refractivity contribution >= 4 is 11.6 Å². The van der Waals surface area contributed by atoms with Gasteiger partial charge < -0.3 is 15.8 Å². The Hall–Kier alpha value is -1.62. The van der Waals surface area contributed by atoms with Crippen LogP contribution in [0.4, 0.5) is 10.1 Å². The molecule has 0 heterocycles. The van der Waals surface area contributed by atoms with Gasteiger partial charge in [0.15, 0.2) is 0 Å². The van der Waals surface area contributed by atoms with Gasteiger partial charge in [-0.25, -0.2) is 4.39 Å². The summed E-state index contributed by atoms with van der Waals surface area (Å²) in [6, 6.07) is 4.05. The van der Waals surface area contributed by atoms with Crippen LogP contribution in [0.15, 0.2) is 18.2 Å². The highest BCUT2D eigenvalue weighted by molar-refractivity contribution is 5.96. The molecule has 0 unspecified atom stereocenters. The zero-order valence-electron chi connectivity index (χ0n) is 11.0. The van der Waals surface area contributed by atoms with E-state index >= 15 is 0 Å². The van der Waals surface area contributed by atoms with Gasteiger partial charge in [0.2, 0.25) is 5.91 Å². The smallest absolute Gasteiger partial charge is 0.231 e. The fraction of sp³-hybridized carbons (Fsp3) is 0.500.